The van der Waals surface area contributed by atoms with E-state index in [2.05, 4.69) is 41.6 Å². The molecule has 57 heavy (non-hydrogen) atoms. The van der Waals surface area contributed by atoms with Crippen molar-refractivity contribution in [1.82, 2.24) is 49.4 Å². The molecule has 3 saturated heterocycles. The van der Waals surface area contributed by atoms with Crippen LogP contribution in [-0.2, 0) is 27.3 Å². The first kappa shape index (κ1) is 36.4. The number of furan rings is 1. The van der Waals surface area contributed by atoms with Crippen molar-refractivity contribution < 1.29 is 28.4 Å². The van der Waals surface area contributed by atoms with E-state index in [0.717, 1.165) is 85.8 Å². The van der Waals surface area contributed by atoms with E-state index in [1.165, 1.54) is 0 Å². The second-order valence-corrected chi connectivity index (χ2v) is 15.3. The summed E-state index contributed by atoms with van der Waals surface area (Å²) in [6.07, 6.45) is 13.9. The molecule has 4 aliphatic rings. The van der Waals surface area contributed by atoms with Gasteiger partial charge in [0.1, 0.15) is 18.1 Å². The van der Waals surface area contributed by atoms with Crippen molar-refractivity contribution in [1.29, 1.82) is 0 Å². The van der Waals surface area contributed by atoms with Gasteiger partial charge in [-0.15, -0.1) is 10.2 Å². The Balaban J connectivity index is 0.722. The molecule has 17 heteroatoms. The van der Waals surface area contributed by atoms with Crippen molar-refractivity contribution >= 4 is 41.1 Å². The number of anilines is 1. The van der Waals surface area contributed by atoms with E-state index in [9.17, 15) is 24.0 Å². The molecule has 5 amide bonds. The molecule has 4 aromatic heterocycles. The van der Waals surface area contributed by atoms with E-state index in [0.29, 0.717) is 42.9 Å². The first-order valence-electron chi connectivity index (χ1n) is 19.6. The molecule has 0 bridgehead atoms. The minimum absolute atomic E-state index is 0.0693. The number of hydrogen-bond acceptors (Lipinski definition) is 12. The largest absolute Gasteiger partial charge is 0.467 e. The normalized spacial score (nSPS) is 19.8. The smallest absolute Gasteiger partial charge is 0.262 e. The molecule has 9 rings (SSSR count). The maximum absolute atomic E-state index is 13.2. The number of aromatic nitrogens is 6. The molecule has 2 N–H and O–H groups in total. The van der Waals surface area contributed by atoms with Gasteiger partial charge in [-0.1, -0.05) is 6.07 Å². The predicted octanol–water partition coefficient (Wildman–Crippen LogP) is 3.10. The lowest BCUT2D eigenvalue weighted by Crippen LogP contribution is -2.54. The number of fused-ring (bicyclic) bond motifs is 2. The van der Waals surface area contributed by atoms with Crippen molar-refractivity contribution in [2.45, 2.75) is 70.0 Å². The summed E-state index contributed by atoms with van der Waals surface area (Å²) in [7, 11) is 0. The summed E-state index contributed by atoms with van der Waals surface area (Å²) in [4.78, 5) is 73.5. The minimum atomic E-state index is -1.00. The van der Waals surface area contributed by atoms with Crippen molar-refractivity contribution in [2.24, 2.45) is 5.92 Å². The second kappa shape index (κ2) is 15.4. The van der Waals surface area contributed by atoms with Gasteiger partial charge in [0.15, 0.2) is 5.65 Å². The number of rotatable bonds is 11. The monoisotopic (exact) mass is 773 g/mol. The van der Waals surface area contributed by atoms with Gasteiger partial charge in [-0.25, -0.2) is 4.98 Å². The fraction of sp³-hybridized carbons (Fsp3) is 0.425. The van der Waals surface area contributed by atoms with Gasteiger partial charge < -0.3 is 19.5 Å². The van der Waals surface area contributed by atoms with E-state index in [4.69, 9.17) is 9.52 Å². The Morgan fingerprint density at radius 1 is 0.930 bits per heavy atom. The number of piperidine rings is 3. The molecule has 0 spiro atoms. The SMILES string of the molecule is O=C1CCC(N2C(=O)c3ccc(CCC(=O)N4CCC(CN5CCC(n6cc(-c7cnc(NCc8ccco8)n8cnnc78)cn6)CC5)CC4)cc3C2=O)C(=O)N1. The molecule has 4 aliphatic heterocycles. The van der Waals surface area contributed by atoms with Crippen LogP contribution >= 0.6 is 0 Å². The molecule has 17 nitrogen and oxygen atoms in total. The number of aryl methyl sites for hydroxylation is 1. The van der Waals surface area contributed by atoms with Crippen LogP contribution in [0, 0.1) is 5.92 Å². The third-order valence-electron chi connectivity index (χ3n) is 11.8. The Morgan fingerprint density at radius 3 is 2.54 bits per heavy atom. The topological polar surface area (TPSA) is 193 Å². The minimum Gasteiger partial charge on any atom is -0.467 e. The van der Waals surface area contributed by atoms with E-state index in [-0.39, 0.29) is 29.9 Å². The van der Waals surface area contributed by atoms with Crippen molar-refractivity contribution in [3.8, 4) is 11.1 Å². The molecule has 1 unspecified atom stereocenters. The molecule has 0 radical (unpaired) electrons. The van der Waals surface area contributed by atoms with Gasteiger partial charge in [0.05, 0.1) is 36.2 Å². The van der Waals surface area contributed by atoms with Gasteiger partial charge in [-0.2, -0.15) is 5.10 Å². The van der Waals surface area contributed by atoms with Gasteiger partial charge in [0.2, 0.25) is 23.7 Å². The maximum Gasteiger partial charge on any atom is 0.262 e. The Bertz CT molecular complexity index is 2340. The van der Waals surface area contributed by atoms with Crippen molar-refractivity contribution in [3.05, 3.63) is 84.0 Å². The Hall–Kier alpha value is -6.23. The first-order valence-corrected chi connectivity index (χ1v) is 19.6. The highest BCUT2D eigenvalue weighted by molar-refractivity contribution is 6.23. The molecule has 294 valence electrons. The zero-order valence-electron chi connectivity index (χ0n) is 31.4. The number of carbonyl (C=O) groups excluding carboxylic acids is 5. The van der Waals surface area contributed by atoms with Gasteiger partial charge in [-0.05, 0) is 74.3 Å². The quantitative estimate of drug-likeness (QED) is 0.187. The first-order chi connectivity index (χ1) is 27.8. The molecular weight excluding hydrogens is 731 g/mol. The highest BCUT2D eigenvalue weighted by Crippen LogP contribution is 2.31. The lowest BCUT2D eigenvalue weighted by atomic mass is 9.94. The summed E-state index contributed by atoms with van der Waals surface area (Å²) >= 11 is 0. The molecular formula is C40H43N11O6. The number of benzene rings is 1. The fourth-order valence-electron chi connectivity index (χ4n) is 8.59. The maximum atomic E-state index is 13.2. The standard InChI is InChI=1S/C40H43N11O6/c52-34-7-6-33(37(54)45-34)51-38(55)30-5-3-25(18-31(30)39(51)56)4-8-35(53)48-15-9-26(10-16-48)22-47-13-11-28(12-14-47)50-23-27(19-44-50)32-21-42-40(49-24-43-46-36(32)49)41-20-29-2-1-17-57-29/h1-3,5,17-19,21,23-24,26,28,33H,4,6-16,20,22H2,(H,41,42)(H,45,52,54). The van der Waals surface area contributed by atoms with E-state index >= 15 is 0 Å². The predicted molar refractivity (Wildman–Crippen MR) is 203 cm³/mol. The van der Waals surface area contributed by atoms with Crippen LogP contribution in [-0.4, -0.2) is 112 Å². The lowest BCUT2D eigenvalue weighted by Gasteiger charge is -2.37. The Labute approximate surface area is 327 Å². The van der Waals surface area contributed by atoms with Gasteiger partial charge in [0.25, 0.3) is 11.8 Å². The molecule has 1 aromatic carbocycles. The zero-order chi connectivity index (χ0) is 39.0. The number of nitrogens with one attached hydrogen (secondary N) is 2. The number of carbonyl (C=O) groups is 5. The number of nitrogens with zero attached hydrogens (tertiary/aromatic N) is 9. The molecule has 3 fully saturated rings. The zero-order valence-corrected chi connectivity index (χ0v) is 31.4. The molecule has 0 saturated carbocycles. The summed E-state index contributed by atoms with van der Waals surface area (Å²) < 4.78 is 9.33. The summed E-state index contributed by atoms with van der Waals surface area (Å²) in [5.74, 6) is -0.0770. The molecule has 1 atom stereocenters. The third-order valence-corrected chi connectivity index (χ3v) is 11.8. The van der Waals surface area contributed by atoms with E-state index in [1.54, 1.807) is 37.0 Å². The number of likely N-dealkylation sites (tertiary alicyclic amines) is 2. The summed E-state index contributed by atoms with van der Waals surface area (Å²) in [6.45, 7) is 4.95. The van der Waals surface area contributed by atoms with Crippen LogP contribution in [0.5, 0.6) is 0 Å². The van der Waals surface area contributed by atoms with Gasteiger partial charge in [0, 0.05) is 69.1 Å². The van der Waals surface area contributed by atoms with E-state index in [1.807, 2.05) is 27.6 Å². The van der Waals surface area contributed by atoms with Gasteiger partial charge in [-0.3, -0.25) is 43.3 Å². The summed E-state index contributed by atoms with van der Waals surface area (Å²) in [6, 6.07) is 8.07. The van der Waals surface area contributed by atoms with E-state index < -0.39 is 29.7 Å². The second-order valence-electron chi connectivity index (χ2n) is 15.3. The molecule has 0 aliphatic carbocycles. The Kier molecular flexibility index (Phi) is 9.82. The van der Waals surface area contributed by atoms with Gasteiger partial charge >= 0.3 is 0 Å². The van der Waals surface area contributed by atoms with Crippen LogP contribution < -0.4 is 10.6 Å². The van der Waals surface area contributed by atoms with Crippen LogP contribution in [0.2, 0.25) is 0 Å². The van der Waals surface area contributed by atoms with Crippen LogP contribution in [0.4, 0.5) is 5.95 Å². The highest BCUT2D eigenvalue weighted by Gasteiger charge is 2.44. The Morgan fingerprint density at radius 2 is 1.75 bits per heavy atom. The van der Waals surface area contributed by atoms with Crippen LogP contribution in [0.3, 0.4) is 0 Å². The number of imide groups is 2. The molecule has 5 aromatic rings. The number of hydrogen-bond donors (Lipinski definition) is 2. The summed E-state index contributed by atoms with van der Waals surface area (Å²) in [5.41, 5.74) is 3.76. The lowest BCUT2D eigenvalue weighted by molar-refractivity contribution is -0.136. The van der Waals surface area contributed by atoms with Crippen molar-refractivity contribution in [2.75, 3.05) is 38.0 Å². The fourth-order valence-corrected chi connectivity index (χ4v) is 8.59. The van der Waals surface area contributed by atoms with Crippen LogP contribution in [0.25, 0.3) is 16.8 Å². The average Bonchev–Trinajstić information content (AvgIpc) is 4.06. The van der Waals surface area contributed by atoms with Crippen LogP contribution in [0.1, 0.15) is 83.0 Å². The van der Waals surface area contributed by atoms with Crippen LogP contribution in [0.15, 0.2) is 65.9 Å². The molecule has 8 heterocycles. The number of amides is 5. The van der Waals surface area contributed by atoms with Crippen molar-refractivity contribution in [3.63, 3.8) is 0 Å². The summed E-state index contributed by atoms with van der Waals surface area (Å²) in [5, 5.41) is 18.7. The average molecular weight is 774 g/mol. The third kappa shape index (κ3) is 7.30. The highest BCUT2D eigenvalue weighted by atomic mass is 16.3.